The molecule has 0 unspecified atom stereocenters. The van der Waals surface area contributed by atoms with E-state index in [-0.39, 0.29) is 13.2 Å². The predicted molar refractivity (Wildman–Crippen MR) is 66.7 cm³/mol. The molecule has 1 aromatic carbocycles. The Morgan fingerprint density at radius 3 is 2.32 bits per heavy atom. The third kappa shape index (κ3) is 4.40. The van der Waals surface area contributed by atoms with Gasteiger partial charge in [-0.05, 0) is 30.5 Å². The molecule has 1 aliphatic rings. The predicted octanol–water partition coefficient (Wildman–Crippen LogP) is 2.65. The van der Waals surface area contributed by atoms with Gasteiger partial charge in [-0.25, -0.2) is 0 Å². The van der Waals surface area contributed by atoms with Crippen molar-refractivity contribution in [1.29, 1.82) is 0 Å². The fourth-order valence-electron chi connectivity index (χ4n) is 1.99. The van der Waals surface area contributed by atoms with E-state index in [0.29, 0.717) is 12.6 Å². The van der Waals surface area contributed by atoms with Gasteiger partial charge in [0.1, 0.15) is 0 Å². The molecule has 1 saturated carbocycles. The summed E-state index contributed by atoms with van der Waals surface area (Å²) in [6.45, 7) is 0.353. The normalized spacial score (nSPS) is 15.6. The molecule has 0 bridgehead atoms. The van der Waals surface area contributed by atoms with Crippen LogP contribution in [-0.2, 0) is 11.3 Å². The van der Waals surface area contributed by atoms with E-state index in [1.165, 1.54) is 0 Å². The zero-order valence-electron chi connectivity index (χ0n) is 10.5. The SMILES string of the molecule is NCc1ccc(N(CCOC(F)(F)F)C2CC2)cc1. The Bertz CT molecular complexity index is 401. The zero-order chi connectivity index (χ0) is 13.9. The Morgan fingerprint density at radius 2 is 1.84 bits per heavy atom. The van der Waals surface area contributed by atoms with E-state index < -0.39 is 6.36 Å². The Morgan fingerprint density at radius 1 is 1.21 bits per heavy atom. The van der Waals surface area contributed by atoms with Gasteiger partial charge in [0, 0.05) is 24.8 Å². The molecule has 0 saturated heterocycles. The van der Waals surface area contributed by atoms with Crippen LogP contribution in [0.25, 0.3) is 0 Å². The van der Waals surface area contributed by atoms with E-state index in [1.807, 2.05) is 29.2 Å². The van der Waals surface area contributed by atoms with Crippen molar-refractivity contribution < 1.29 is 17.9 Å². The highest BCUT2D eigenvalue weighted by molar-refractivity contribution is 5.49. The van der Waals surface area contributed by atoms with E-state index in [1.54, 1.807) is 0 Å². The molecule has 2 N–H and O–H groups in total. The van der Waals surface area contributed by atoms with Gasteiger partial charge in [0.15, 0.2) is 0 Å². The third-order valence-corrected chi connectivity index (χ3v) is 3.09. The monoisotopic (exact) mass is 274 g/mol. The maximum Gasteiger partial charge on any atom is 0.522 e. The topological polar surface area (TPSA) is 38.5 Å². The number of hydrogen-bond acceptors (Lipinski definition) is 3. The largest absolute Gasteiger partial charge is 0.522 e. The fourth-order valence-corrected chi connectivity index (χ4v) is 1.99. The molecule has 1 fully saturated rings. The van der Waals surface area contributed by atoms with Crippen LogP contribution < -0.4 is 10.6 Å². The molecule has 0 amide bonds. The van der Waals surface area contributed by atoms with Crippen LogP contribution in [0.15, 0.2) is 24.3 Å². The number of halogens is 3. The second kappa shape index (κ2) is 5.79. The van der Waals surface area contributed by atoms with E-state index in [9.17, 15) is 13.2 Å². The summed E-state index contributed by atoms with van der Waals surface area (Å²) < 4.78 is 39.8. The quantitative estimate of drug-likeness (QED) is 0.866. The van der Waals surface area contributed by atoms with Crippen molar-refractivity contribution in [1.82, 2.24) is 0 Å². The first-order valence-electron chi connectivity index (χ1n) is 6.26. The number of nitrogens with two attached hydrogens (primary N) is 1. The molecule has 1 aliphatic carbocycles. The number of alkyl halides is 3. The molecule has 106 valence electrons. The van der Waals surface area contributed by atoms with Gasteiger partial charge < -0.3 is 10.6 Å². The summed E-state index contributed by atoms with van der Waals surface area (Å²) >= 11 is 0. The molecule has 0 atom stereocenters. The lowest BCUT2D eigenvalue weighted by Crippen LogP contribution is -2.31. The van der Waals surface area contributed by atoms with Crippen LogP contribution in [0.5, 0.6) is 0 Å². The molecule has 1 aromatic rings. The number of hydrogen-bond donors (Lipinski definition) is 1. The second-order valence-electron chi connectivity index (χ2n) is 4.59. The highest BCUT2D eigenvalue weighted by atomic mass is 19.4. The summed E-state index contributed by atoms with van der Waals surface area (Å²) in [5.41, 5.74) is 7.44. The van der Waals surface area contributed by atoms with E-state index in [4.69, 9.17) is 5.73 Å². The third-order valence-electron chi connectivity index (χ3n) is 3.09. The summed E-state index contributed by atoms with van der Waals surface area (Å²) in [5.74, 6) is 0. The van der Waals surface area contributed by atoms with Crippen LogP contribution in [0.4, 0.5) is 18.9 Å². The number of nitrogens with zero attached hydrogens (tertiary/aromatic N) is 1. The number of anilines is 1. The standard InChI is InChI=1S/C13H17F3N2O/c14-13(15,16)19-8-7-18(12-5-6-12)11-3-1-10(9-17)2-4-11/h1-4,12H,5-9,17H2. The van der Waals surface area contributed by atoms with Gasteiger partial charge in [-0.3, -0.25) is 4.74 Å². The van der Waals surface area contributed by atoms with Crippen LogP contribution in [0, 0.1) is 0 Å². The van der Waals surface area contributed by atoms with Gasteiger partial charge in [0.25, 0.3) is 0 Å². The van der Waals surface area contributed by atoms with Gasteiger partial charge in [-0.2, -0.15) is 0 Å². The first-order valence-corrected chi connectivity index (χ1v) is 6.26. The van der Waals surface area contributed by atoms with E-state index >= 15 is 0 Å². The smallest absolute Gasteiger partial charge is 0.366 e. The molecule has 0 aliphatic heterocycles. The molecule has 19 heavy (non-hydrogen) atoms. The van der Waals surface area contributed by atoms with Crippen molar-refractivity contribution in [2.24, 2.45) is 5.73 Å². The molecule has 0 spiro atoms. The number of ether oxygens (including phenoxy) is 1. The summed E-state index contributed by atoms with van der Waals surface area (Å²) in [6, 6.07) is 7.92. The molecule has 0 aromatic heterocycles. The van der Waals surface area contributed by atoms with Crippen molar-refractivity contribution in [3.05, 3.63) is 29.8 Å². The van der Waals surface area contributed by atoms with Crippen LogP contribution in [0.3, 0.4) is 0 Å². The van der Waals surface area contributed by atoms with Crippen LogP contribution in [-0.4, -0.2) is 25.6 Å². The summed E-state index contributed by atoms with van der Waals surface area (Å²) in [4.78, 5) is 1.96. The minimum absolute atomic E-state index is 0.242. The van der Waals surface area contributed by atoms with Crippen molar-refractivity contribution in [2.75, 3.05) is 18.1 Å². The van der Waals surface area contributed by atoms with Crippen molar-refractivity contribution in [2.45, 2.75) is 31.8 Å². The van der Waals surface area contributed by atoms with Crippen LogP contribution in [0.2, 0.25) is 0 Å². The first kappa shape index (κ1) is 14.1. The Labute approximate surface area is 110 Å². The molecule has 2 rings (SSSR count). The Balaban J connectivity index is 1.95. The first-order chi connectivity index (χ1) is 8.99. The highest BCUT2D eigenvalue weighted by Crippen LogP contribution is 2.31. The van der Waals surface area contributed by atoms with Gasteiger partial charge >= 0.3 is 6.36 Å². The lowest BCUT2D eigenvalue weighted by Gasteiger charge is -2.25. The van der Waals surface area contributed by atoms with Crippen LogP contribution in [0.1, 0.15) is 18.4 Å². The van der Waals surface area contributed by atoms with Gasteiger partial charge in [0.2, 0.25) is 0 Å². The fraction of sp³-hybridized carbons (Fsp3) is 0.538. The Hall–Kier alpha value is -1.27. The van der Waals surface area contributed by atoms with Gasteiger partial charge in [-0.1, -0.05) is 12.1 Å². The lowest BCUT2D eigenvalue weighted by atomic mass is 10.2. The van der Waals surface area contributed by atoms with Crippen LogP contribution >= 0.6 is 0 Å². The molecule has 0 heterocycles. The minimum Gasteiger partial charge on any atom is -0.366 e. The summed E-state index contributed by atoms with van der Waals surface area (Å²) in [7, 11) is 0. The molecule has 0 radical (unpaired) electrons. The minimum atomic E-state index is -4.56. The van der Waals surface area contributed by atoms with Crippen molar-refractivity contribution in [3.63, 3.8) is 0 Å². The Kier molecular flexibility index (Phi) is 4.31. The number of rotatable bonds is 6. The molecule has 6 heteroatoms. The van der Waals surface area contributed by atoms with Gasteiger partial charge in [-0.15, -0.1) is 13.2 Å². The van der Waals surface area contributed by atoms with E-state index in [0.717, 1.165) is 24.1 Å². The summed E-state index contributed by atoms with van der Waals surface area (Å²) in [5, 5.41) is 0. The average Bonchev–Trinajstić information content (AvgIpc) is 3.18. The van der Waals surface area contributed by atoms with Gasteiger partial charge in [0.05, 0.1) is 6.61 Å². The molecular weight excluding hydrogens is 257 g/mol. The number of benzene rings is 1. The van der Waals surface area contributed by atoms with E-state index in [2.05, 4.69) is 4.74 Å². The van der Waals surface area contributed by atoms with Crippen molar-refractivity contribution >= 4 is 5.69 Å². The molecular formula is C13H17F3N2O. The highest BCUT2D eigenvalue weighted by Gasteiger charge is 2.32. The zero-order valence-corrected chi connectivity index (χ0v) is 10.5. The lowest BCUT2D eigenvalue weighted by molar-refractivity contribution is -0.323. The average molecular weight is 274 g/mol. The molecule has 3 nitrogen and oxygen atoms in total. The summed E-state index contributed by atoms with van der Waals surface area (Å²) in [6.07, 6.45) is -2.52. The maximum atomic E-state index is 12.0. The second-order valence-corrected chi connectivity index (χ2v) is 4.59. The van der Waals surface area contributed by atoms with Crippen molar-refractivity contribution in [3.8, 4) is 0 Å². The maximum absolute atomic E-state index is 12.0.